The van der Waals surface area contributed by atoms with E-state index >= 15 is 0 Å². The van der Waals surface area contributed by atoms with Crippen molar-refractivity contribution in [3.63, 3.8) is 0 Å². The van der Waals surface area contributed by atoms with E-state index in [9.17, 15) is 31.3 Å². The number of alkyl halides is 4. The van der Waals surface area contributed by atoms with E-state index in [2.05, 4.69) is 0 Å². The van der Waals surface area contributed by atoms with Crippen molar-refractivity contribution in [2.24, 2.45) is 0 Å². The summed E-state index contributed by atoms with van der Waals surface area (Å²) in [5.74, 6) is -7.39. The van der Waals surface area contributed by atoms with Crippen molar-refractivity contribution in [2.45, 2.75) is 56.2 Å². The summed E-state index contributed by atoms with van der Waals surface area (Å²) >= 11 is -2.42. The molecule has 0 fully saturated rings. The van der Waals surface area contributed by atoms with Crippen molar-refractivity contribution in [2.75, 3.05) is 0 Å². The van der Waals surface area contributed by atoms with Gasteiger partial charge < -0.3 is 9.66 Å². The van der Waals surface area contributed by atoms with E-state index in [1.165, 1.54) is 20.8 Å². The molecule has 4 nitrogen and oxygen atoms in total. The van der Waals surface area contributed by atoms with Crippen LogP contribution in [-0.4, -0.2) is 32.7 Å². The molecule has 2 atom stereocenters. The lowest BCUT2D eigenvalue weighted by Crippen LogP contribution is -2.64. The largest absolute Gasteiger partial charge is 0.598 e. The van der Waals surface area contributed by atoms with E-state index < -0.39 is 64.2 Å². The molecule has 0 spiro atoms. The van der Waals surface area contributed by atoms with Gasteiger partial charge in [0, 0.05) is 23.3 Å². The van der Waals surface area contributed by atoms with Crippen LogP contribution in [0.3, 0.4) is 0 Å². The third kappa shape index (κ3) is 4.66. The van der Waals surface area contributed by atoms with Crippen LogP contribution < -0.4 is 4.72 Å². The molecular formula is C16H20F5NO3S. The minimum Gasteiger partial charge on any atom is -0.598 e. The summed E-state index contributed by atoms with van der Waals surface area (Å²) in [5, 5.41) is 8.64. The normalized spacial score (nSPS) is 16.4. The first-order valence-electron chi connectivity index (χ1n) is 7.58. The summed E-state index contributed by atoms with van der Waals surface area (Å²) in [6, 6.07) is 3.68. The number of nitrogens with one attached hydrogen (secondary N) is 1. The Morgan fingerprint density at radius 1 is 1.27 bits per heavy atom. The molecule has 1 rings (SSSR count). The average Bonchev–Trinajstić information content (AvgIpc) is 2.49. The van der Waals surface area contributed by atoms with Crippen LogP contribution in [0.2, 0.25) is 0 Å². The second kappa shape index (κ2) is 8.10. The molecule has 1 aromatic carbocycles. The fourth-order valence-electron chi connectivity index (χ4n) is 2.19. The van der Waals surface area contributed by atoms with Crippen LogP contribution in [0.4, 0.5) is 22.0 Å². The average molecular weight is 401 g/mol. The summed E-state index contributed by atoms with van der Waals surface area (Å²) in [6.45, 7) is 4.09. The predicted molar refractivity (Wildman–Crippen MR) is 86.9 cm³/mol. The van der Waals surface area contributed by atoms with Crippen molar-refractivity contribution in [1.29, 1.82) is 0 Å². The summed E-state index contributed by atoms with van der Waals surface area (Å²) in [7, 11) is 0. The Hall–Kier alpha value is -1.39. The smallest absolute Gasteiger partial charge is 0.303 e. The summed E-state index contributed by atoms with van der Waals surface area (Å²) in [6.07, 6.45) is -6.50. The molecule has 0 heterocycles. The minimum absolute atomic E-state index is 0.724. The molecule has 0 saturated heterocycles. The number of halogens is 5. The van der Waals surface area contributed by atoms with Crippen LogP contribution in [0.15, 0.2) is 24.3 Å². The molecule has 0 radical (unpaired) electrons. The fourth-order valence-corrected chi connectivity index (χ4v) is 3.14. The second-order valence-corrected chi connectivity index (χ2v) is 8.64. The molecule has 148 valence electrons. The van der Waals surface area contributed by atoms with Crippen LogP contribution in [0.5, 0.6) is 0 Å². The molecule has 0 aromatic heterocycles. The molecule has 1 aromatic rings. The molecule has 10 heteroatoms. The van der Waals surface area contributed by atoms with Crippen molar-refractivity contribution in [3.05, 3.63) is 35.6 Å². The SMILES string of the molecule is CC(C)(C)[S@@+]([O-])NC(c1ccccc1F)(C(F)F)C(F)(F)CCC(=O)O. The number of benzene rings is 1. The van der Waals surface area contributed by atoms with E-state index in [0.717, 1.165) is 24.3 Å². The number of hydrogen-bond acceptors (Lipinski definition) is 3. The Morgan fingerprint density at radius 2 is 1.81 bits per heavy atom. The van der Waals surface area contributed by atoms with Gasteiger partial charge in [-0.05, 0) is 26.8 Å². The molecule has 0 aliphatic heterocycles. The maximum atomic E-state index is 14.9. The zero-order chi connectivity index (χ0) is 20.3. The number of hydrogen-bond donors (Lipinski definition) is 2. The molecule has 0 aliphatic rings. The standard InChI is InChI=1S/C16H20F5NO3S/c1-14(2,3)26(25)22-16(13(18)19,10-6-4-5-7-11(10)17)15(20,21)9-8-12(23)24/h4-7,13,22H,8-9H2,1-3H3,(H,23,24)/t16?,26-/m1/s1. The number of rotatable bonds is 8. The van der Waals surface area contributed by atoms with Gasteiger partial charge in [-0.25, -0.2) is 22.0 Å². The highest BCUT2D eigenvalue weighted by atomic mass is 32.2. The molecule has 0 bridgehead atoms. The molecule has 2 N–H and O–H groups in total. The van der Waals surface area contributed by atoms with Gasteiger partial charge in [-0.15, -0.1) is 4.72 Å². The maximum absolute atomic E-state index is 14.9. The van der Waals surface area contributed by atoms with Gasteiger partial charge in [0.25, 0.3) is 12.3 Å². The highest BCUT2D eigenvalue weighted by molar-refractivity contribution is 7.90. The van der Waals surface area contributed by atoms with Crippen molar-refractivity contribution >= 4 is 17.3 Å². The second-order valence-electron chi connectivity index (χ2n) is 6.67. The van der Waals surface area contributed by atoms with Gasteiger partial charge in [-0.2, -0.15) is 0 Å². The lowest BCUT2D eigenvalue weighted by Gasteiger charge is -2.41. The number of carboxylic acids is 1. The van der Waals surface area contributed by atoms with Crippen LogP contribution in [0.1, 0.15) is 39.2 Å². The van der Waals surface area contributed by atoms with E-state index in [-0.39, 0.29) is 0 Å². The van der Waals surface area contributed by atoms with Crippen molar-refractivity contribution in [3.8, 4) is 0 Å². The highest BCUT2D eigenvalue weighted by Crippen LogP contribution is 2.47. The molecule has 26 heavy (non-hydrogen) atoms. The Balaban J connectivity index is 3.61. The van der Waals surface area contributed by atoms with Gasteiger partial charge in [0.15, 0.2) is 0 Å². The van der Waals surface area contributed by atoms with Gasteiger partial charge in [0.2, 0.25) is 5.54 Å². The Morgan fingerprint density at radius 3 is 2.23 bits per heavy atom. The van der Waals surface area contributed by atoms with Crippen molar-refractivity contribution < 1.29 is 36.4 Å². The molecule has 0 amide bonds. The number of aliphatic carboxylic acids is 1. The van der Waals surface area contributed by atoms with E-state index in [1.54, 1.807) is 4.72 Å². The van der Waals surface area contributed by atoms with Crippen molar-refractivity contribution in [1.82, 2.24) is 4.72 Å². The lowest BCUT2D eigenvalue weighted by molar-refractivity contribution is -0.160. The van der Waals surface area contributed by atoms with Crippen LogP contribution >= 0.6 is 0 Å². The van der Waals surface area contributed by atoms with Gasteiger partial charge in [0.05, 0.1) is 6.42 Å². The lowest BCUT2D eigenvalue weighted by atomic mass is 9.82. The molecule has 0 aliphatic carbocycles. The van der Waals surface area contributed by atoms with E-state index in [1.807, 2.05) is 0 Å². The number of carbonyl (C=O) groups is 1. The first kappa shape index (κ1) is 22.7. The van der Waals surface area contributed by atoms with Crippen LogP contribution in [0.25, 0.3) is 0 Å². The van der Waals surface area contributed by atoms with Crippen LogP contribution in [-0.2, 0) is 21.7 Å². The summed E-state index contributed by atoms with van der Waals surface area (Å²) in [5.41, 5.74) is -4.74. The summed E-state index contributed by atoms with van der Waals surface area (Å²) in [4.78, 5) is 10.7. The van der Waals surface area contributed by atoms with E-state index in [0.29, 0.717) is 0 Å². The fraction of sp³-hybridized carbons (Fsp3) is 0.562. The third-order valence-electron chi connectivity index (χ3n) is 3.67. The van der Waals surface area contributed by atoms with Gasteiger partial charge in [0.1, 0.15) is 10.6 Å². The van der Waals surface area contributed by atoms with Gasteiger partial charge in [-0.1, -0.05) is 18.2 Å². The first-order valence-corrected chi connectivity index (χ1v) is 8.73. The Bertz CT molecular complexity index is 639. The van der Waals surface area contributed by atoms with Gasteiger partial charge in [-0.3, -0.25) is 4.79 Å². The number of carboxylic acid groups (broad SMARTS) is 1. The first-order chi connectivity index (χ1) is 11.8. The summed E-state index contributed by atoms with van der Waals surface area (Å²) < 4.78 is 84.8. The Kier molecular flexibility index (Phi) is 7.05. The van der Waals surface area contributed by atoms with Crippen LogP contribution in [0, 0.1) is 5.82 Å². The maximum Gasteiger partial charge on any atom is 0.303 e. The van der Waals surface area contributed by atoms with Gasteiger partial charge >= 0.3 is 5.97 Å². The zero-order valence-corrected chi connectivity index (χ0v) is 15.2. The topological polar surface area (TPSA) is 72.4 Å². The minimum atomic E-state index is -4.41. The Labute approximate surface area is 151 Å². The predicted octanol–water partition coefficient (Wildman–Crippen LogP) is 3.84. The molecule has 1 unspecified atom stereocenters. The highest BCUT2D eigenvalue weighted by Gasteiger charge is 2.65. The zero-order valence-electron chi connectivity index (χ0n) is 14.4. The third-order valence-corrected chi connectivity index (χ3v) is 5.29. The molecule has 0 saturated carbocycles. The monoisotopic (exact) mass is 401 g/mol. The molecular weight excluding hydrogens is 381 g/mol. The quantitative estimate of drug-likeness (QED) is 0.513. The van der Waals surface area contributed by atoms with E-state index in [4.69, 9.17) is 5.11 Å².